The van der Waals surface area contributed by atoms with Gasteiger partial charge in [-0.05, 0) is 30.6 Å². The van der Waals surface area contributed by atoms with Gasteiger partial charge in [-0.2, -0.15) is 0 Å². The van der Waals surface area contributed by atoms with E-state index in [1.165, 1.54) is 17.9 Å². The fourth-order valence-electron chi connectivity index (χ4n) is 2.14. The Morgan fingerprint density at radius 3 is 2.76 bits per heavy atom. The van der Waals surface area contributed by atoms with Crippen molar-refractivity contribution in [2.75, 3.05) is 7.11 Å². The molecule has 1 fully saturated rings. The van der Waals surface area contributed by atoms with Crippen LogP contribution in [0.25, 0.3) is 0 Å². The van der Waals surface area contributed by atoms with Gasteiger partial charge in [0.15, 0.2) is 5.69 Å². The Morgan fingerprint density at radius 2 is 2.24 bits per heavy atom. The Labute approximate surface area is 97.5 Å². The molecule has 7 nitrogen and oxygen atoms in total. The fraction of sp³-hybridized carbons (Fsp3) is 0.600. The van der Waals surface area contributed by atoms with Crippen LogP contribution in [0, 0.1) is 10.1 Å². The maximum absolute atomic E-state index is 11.3. The molecule has 1 aliphatic carbocycles. The Bertz CT molecular complexity index is 448. The lowest BCUT2D eigenvalue weighted by Gasteiger charge is -2.05. The van der Waals surface area contributed by atoms with Crippen LogP contribution in [-0.2, 0) is 4.74 Å². The van der Waals surface area contributed by atoms with Crippen molar-refractivity contribution >= 4 is 11.8 Å². The van der Waals surface area contributed by atoms with Gasteiger partial charge in [0.05, 0.1) is 13.2 Å². The number of hydrogen-bond donors (Lipinski definition) is 0. The summed E-state index contributed by atoms with van der Waals surface area (Å²) < 4.78 is 5.86. The molecule has 1 aromatic rings. The van der Waals surface area contributed by atoms with E-state index in [1.54, 1.807) is 0 Å². The zero-order valence-corrected chi connectivity index (χ0v) is 9.46. The van der Waals surface area contributed by atoms with Crippen LogP contribution in [0.4, 0.5) is 5.82 Å². The number of rotatable bonds is 3. The number of nitro groups is 1. The predicted octanol–water partition coefficient (Wildman–Crippen LogP) is 1.69. The summed E-state index contributed by atoms with van der Waals surface area (Å²) in [6.45, 7) is 0. The van der Waals surface area contributed by atoms with Gasteiger partial charge in [0.1, 0.15) is 6.04 Å². The minimum Gasteiger partial charge on any atom is -0.464 e. The Morgan fingerprint density at radius 1 is 1.59 bits per heavy atom. The summed E-state index contributed by atoms with van der Waals surface area (Å²) >= 11 is 0. The van der Waals surface area contributed by atoms with E-state index < -0.39 is 10.9 Å². The van der Waals surface area contributed by atoms with Crippen LogP contribution in [0.15, 0.2) is 6.07 Å². The number of methoxy groups -OCH3 is 1. The van der Waals surface area contributed by atoms with Crippen LogP contribution < -0.4 is 0 Å². The van der Waals surface area contributed by atoms with Gasteiger partial charge in [0.2, 0.25) is 0 Å². The van der Waals surface area contributed by atoms with E-state index in [9.17, 15) is 14.9 Å². The molecule has 1 heterocycles. The quantitative estimate of drug-likeness (QED) is 0.455. The Balaban J connectivity index is 2.37. The van der Waals surface area contributed by atoms with Gasteiger partial charge in [-0.1, -0.05) is 5.10 Å². The monoisotopic (exact) mass is 239 g/mol. The lowest BCUT2D eigenvalue weighted by atomic mass is 10.2. The molecule has 0 N–H and O–H groups in total. The third-order valence-electron chi connectivity index (χ3n) is 2.97. The summed E-state index contributed by atoms with van der Waals surface area (Å²) in [5.41, 5.74) is -0.00824. The highest BCUT2D eigenvalue weighted by Crippen LogP contribution is 2.32. The minimum absolute atomic E-state index is 0.00824. The molecule has 1 saturated carbocycles. The second kappa shape index (κ2) is 4.52. The van der Waals surface area contributed by atoms with Gasteiger partial charge in [-0.25, -0.2) is 4.79 Å². The normalized spacial score (nSPS) is 16.1. The summed E-state index contributed by atoms with van der Waals surface area (Å²) in [6.07, 6.45) is 3.80. The molecule has 0 aliphatic heterocycles. The molecular weight excluding hydrogens is 226 g/mol. The molecular formula is C10H13N3O4. The van der Waals surface area contributed by atoms with Crippen molar-refractivity contribution in [3.05, 3.63) is 21.9 Å². The number of hydrogen-bond acceptors (Lipinski definition) is 5. The third kappa shape index (κ3) is 2.13. The number of nitrogens with zero attached hydrogens (tertiary/aromatic N) is 3. The van der Waals surface area contributed by atoms with Crippen LogP contribution in [0.1, 0.15) is 42.2 Å². The van der Waals surface area contributed by atoms with Gasteiger partial charge in [0, 0.05) is 0 Å². The summed E-state index contributed by atoms with van der Waals surface area (Å²) in [6, 6.07) is 1.19. The summed E-state index contributed by atoms with van der Waals surface area (Å²) in [5.74, 6) is -0.790. The molecule has 0 aromatic carbocycles. The first-order valence-electron chi connectivity index (χ1n) is 5.45. The Kier molecular flexibility index (Phi) is 3.08. The van der Waals surface area contributed by atoms with E-state index >= 15 is 0 Å². The molecule has 7 heteroatoms. The smallest absolute Gasteiger partial charge is 0.360 e. The van der Waals surface area contributed by atoms with Crippen molar-refractivity contribution in [2.24, 2.45) is 0 Å². The van der Waals surface area contributed by atoms with Crippen LogP contribution in [0.5, 0.6) is 0 Å². The van der Waals surface area contributed by atoms with Crippen molar-refractivity contribution < 1.29 is 14.5 Å². The average molecular weight is 239 g/mol. The van der Waals surface area contributed by atoms with Gasteiger partial charge in [-0.3, -0.25) is 0 Å². The average Bonchev–Trinajstić information content (AvgIpc) is 2.95. The fourth-order valence-corrected chi connectivity index (χ4v) is 2.14. The first-order chi connectivity index (χ1) is 8.13. The largest absolute Gasteiger partial charge is 0.464 e. The first kappa shape index (κ1) is 11.6. The predicted molar refractivity (Wildman–Crippen MR) is 57.7 cm³/mol. The van der Waals surface area contributed by atoms with Gasteiger partial charge in [0.25, 0.3) is 0 Å². The molecule has 17 heavy (non-hydrogen) atoms. The Hall–Kier alpha value is -1.92. The van der Waals surface area contributed by atoms with E-state index in [1.807, 2.05) is 0 Å². The number of carbonyl (C=O) groups excluding carboxylic acids is 1. The summed E-state index contributed by atoms with van der Waals surface area (Å²) in [5, 5.41) is 14.9. The molecule has 92 valence electrons. The number of esters is 1. The molecule has 0 unspecified atom stereocenters. The first-order valence-corrected chi connectivity index (χ1v) is 5.45. The summed E-state index contributed by atoms with van der Waals surface area (Å²) in [4.78, 5) is 21.7. The lowest BCUT2D eigenvalue weighted by molar-refractivity contribution is -0.393. The standard InChI is InChI=1S/C10H13N3O4/c1-17-10(14)8-6-9(13(15)16)12(11-8)7-4-2-3-5-7/h6-7H,2-5H2,1H3. The van der Waals surface area contributed by atoms with Crippen LogP contribution in [0.3, 0.4) is 0 Å². The van der Waals surface area contributed by atoms with E-state index in [2.05, 4.69) is 9.84 Å². The molecule has 0 radical (unpaired) electrons. The van der Waals surface area contributed by atoms with Crippen molar-refractivity contribution in [3.63, 3.8) is 0 Å². The van der Waals surface area contributed by atoms with E-state index in [0.29, 0.717) is 0 Å². The van der Waals surface area contributed by atoms with Gasteiger partial charge >= 0.3 is 11.8 Å². The zero-order chi connectivity index (χ0) is 12.4. The van der Waals surface area contributed by atoms with Crippen molar-refractivity contribution in [1.82, 2.24) is 9.78 Å². The number of aromatic nitrogens is 2. The zero-order valence-electron chi connectivity index (χ0n) is 9.46. The van der Waals surface area contributed by atoms with Gasteiger partial charge < -0.3 is 14.9 Å². The van der Waals surface area contributed by atoms with E-state index in [4.69, 9.17) is 0 Å². The molecule has 1 aromatic heterocycles. The molecule has 0 atom stereocenters. The lowest BCUT2D eigenvalue weighted by Crippen LogP contribution is -2.11. The highest BCUT2D eigenvalue weighted by molar-refractivity contribution is 5.87. The third-order valence-corrected chi connectivity index (χ3v) is 2.97. The van der Waals surface area contributed by atoms with E-state index in [0.717, 1.165) is 25.7 Å². The number of ether oxygens (including phenoxy) is 1. The summed E-state index contributed by atoms with van der Waals surface area (Å²) in [7, 11) is 1.22. The molecule has 0 saturated heterocycles. The molecule has 0 amide bonds. The van der Waals surface area contributed by atoms with Crippen molar-refractivity contribution in [1.29, 1.82) is 0 Å². The molecule has 1 aliphatic rings. The maximum Gasteiger partial charge on any atom is 0.360 e. The molecule has 2 rings (SSSR count). The van der Waals surface area contributed by atoms with Crippen LogP contribution in [0.2, 0.25) is 0 Å². The van der Waals surface area contributed by atoms with Gasteiger partial charge in [-0.15, -0.1) is 4.68 Å². The second-order valence-electron chi connectivity index (χ2n) is 4.02. The van der Waals surface area contributed by atoms with Crippen molar-refractivity contribution in [3.8, 4) is 0 Å². The SMILES string of the molecule is COC(=O)c1cc([N+](=O)[O-])n(C2CCCC2)n1. The van der Waals surface area contributed by atoms with E-state index in [-0.39, 0.29) is 17.6 Å². The minimum atomic E-state index is -0.648. The second-order valence-corrected chi connectivity index (χ2v) is 4.02. The molecule has 0 spiro atoms. The van der Waals surface area contributed by atoms with Crippen LogP contribution in [-0.4, -0.2) is 27.8 Å². The number of carbonyl (C=O) groups is 1. The maximum atomic E-state index is 11.3. The highest BCUT2D eigenvalue weighted by atomic mass is 16.6. The highest BCUT2D eigenvalue weighted by Gasteiger charge is 2.30. The molecule has 0 bridgehead atoms. The van der Waals surface area contributed by atoms with Crippen LogP contribution >= 0.6 is 0 Å². The van der Waals surface area contributed by atoms with Crippen molar-refractivity contribution in [2.45, 2.75) is 31.7 Å². The topological polar surface area (TPSA) is 87.3 Å².